The summed E-state index contributed by atoms with van der Waals surface area (Å²) in [6, 6.07) is 6.75. The molecular weight excluding hydrogens is 366 g/mol. The van der Waals surface area contributed by atoms with E-state index in [2.05, 4.69) is 16.5 Å². The van der Waals surface area contributed by atoms with Gasteiger partial charge in [0.05, 0.1) is 19.2 Å². The molecular formula is C19H19N3O4S. The van der Waals surface area contributed by atoms with Crippen LogP contribution in [0.1, 0.15) is 16.2 Å². The van der Waals surface area contributed by atoms with Gasteiger partial charge in [-0.2, -0.15) is 0 Å². The highest BCUT2D eigenvalue weighted by atomic mass is 32.1. The van der Waals surface area contributed by atoms with Crippen molar-refractivity contribution in [2.45, 2.75) is 6.54 Å². The van der Waals surface area contributed by atoms with Gasteiger partial charge in [-0.05, 0) is 29.6 Å². The van der Waals surface area contributed by atoms with Crippen LogP contribution in [0, 0.1) is 0 Å². The lowest BCUT2D eigenvalue weighted by atomic mass is 10.1. The van der Waals surface area contributed by atoms with Gasteiger partial charge in [0, 0.05) is 12.6 Å². The Balaban J connectivity index is 1.79. The number of rotatable bonds is 7. The molecule has 0 radical (unpaired) electrons. The van der Waals surface area contributed by atoms with Crippen molar-refractivity contribution < 1.29 is 14.3 Å². The Morgan fingerprint density at radius 3 is 2.93 bits per heavy atom. The molecule has 8 heteroatoms. The topological polar surface area (TPSA) is 84.5 Å². The number of hydrogen-bond donors (Lipinski definition) is 1. The lowest BCUT2D eigenvalue weighted by Gasteiger charge is -2.18. The number of fused-ring (bicyclic) bond motifs is 1. The number of carbonyl (C=O) groups excluding carboxylic acids is 1. The van der Waals surface area contributed by atoms with Gasteiger partial charge in [0.2, 0.25) is 0 Å². The quantitative estimate of drug-likeness (QED) is 0.632. The zero-order chi connectivity index (χ0) is 19.4. The summed E-state index contributed by atoms with van der Waals surface area (Å²) in [7, 11) is 3.16. The number of nitrogens with zero attached hydrogens (tertiary/aromatic N) is 2. The third-order valence-electron chi connectivity index (χ3n) is 3.86. The number of carbonyl (C=O) groups is 1. The fourth-order valence-corrected chi connectivity index (χ4v) is 3.31. The maximum Gasteiger partial charge on any atom is 0.268 e. The lowest BCUT2D eigenvalue weighted by Crippen LogP contribution is -2.28. The summed E-state index contributed by atoms with van der Waals surface area (Å²) in [5.41, 5.74) is 0.875. The number of aromatic amines is 1. The molecule has 7 nitrogen and oxygen atoms in total. The van der Waals surface area contributed by atoms with Crippen LogP contribution in [0.4, 0.5) is 0 Å². The van der Waals surface area contributed by atoms with Crippen LogP contribution in [0.25, 0.3) is 10.2 Å². The molecule has 0 aliphatic heterocycles. The largest absolute Gasteiger partial charge is 0.493 e. The molecule has 0 saturated heterocycles. The van der Waals surface area contributed by atoms with Crippen LogP contribution >= 0.6 is 11.3 Å². The first kappa shape index (κ1) is 18.7. The molecule has 0 fully saturated rings. The van der Waals surface area contributed by atoms with E-state index in [0.717, 1.165) is 0 Å². The molecule has 3 rings (SSSR count). The van der Waals surface area contributed by atoms with Crippen molar-refractivity contribution in [3.63, 3.8) is 0 Å². The van der Waals surface area contributed by atoms with Crippen molar-refractivity contribution in [3.8, 4) is 11.5 Å². The number of methoxy groups -OCH3 is 1. The maximum absolute atomic E-state index is 12.7. The Labute approximate surface area is 159 Å². The van der Waals surface area contributed by atoms with Crippen molar-refractivity contribution in [2.24, 2.45) is 0 Å². The molecule has 140 valence electrons. The first-order valence-electron chi connectivity index (χ1n) is 8.17. The van der Waals surface area contributed by atoms with Crippen molar-refractivity contribution in [2.75, 3.05) is 20.8 Å². The number of benzene rings is 1. The van der Waals surface area contributed by atoms with Gasteiger partial charge in [0.15, 0.2) is 11.5 Å². The van der Waals surface area contributed by atoms with E-state index in [9.17, 15) is 9.59 Å². The molecule has 0 unspecified atom stereocenters. The van der Waals surface area contributed by atoms with Gasteiger partial charge in [0.1, 0.15) is 17.1 Å². The van der Waals surface area contributed by atoms with E-state index in [1.807, 2.05) is 5.38 Å². The zero-order valence-electron chi connectivity index (χ0n) is 15.0. The summed E-state index contributed by atoms with van der Waals surface area (Å²) in [4.78, 5) is 33.4. The average molecular weight is 385 g/mol. The second-order valence-electron chi connectivity index (χ2n) is 5.77. The van der Waals surface area contributed by atoms with Crippen LogP contribution < -0.4 is 15.0 Å². The van der Waals surface area contributed by atoms with Crippen LogP contribution in [-0.4, -0.2) is 41.5 Å². The van der Waals surface area contributed by atoms with Crippen LogP contribution in [0.2, 0.25) is 0 Å². The maximum atomic E-state index is 12.7. The van der Waals surface area contributed by atoms with Crippen LogP contribution in [-0.2, 0) is 6.54 Å². The number of ether oxygens (including phenoxy) is 2. The Hall–Kier alpha value is -3.13. The third kappa shape index (κ3) is 4.01. The molecule has 0 aliphatic rings. The normalized spacial score (nSPS) is 10.6. The molecule has 0 bridgehead atoms. The van der Waals surface area contributed by atoms with Gasteiger partial charge < -0.3 is 19.4 Å². The van der Waals surface area contributed by atoms with E-state index in [4.69, 9.17) is 9.47 Å². The fourth-order valence-electron chi connectivity index (χ4n) is 2.58. The van der Waals surface area contributed by atoms with E-state index in [0.29, 0.717) is 39.7 Å². The molecule has 3 aromatic rings. The van der Waals surface area contributed by atoms with Crippen molar-refractivity contribution in [1.29, 1.82) is 0 Å². The summed E-state index contributed by atoms with van der Waals surface area (Å²) in [5.74, 6) is 1.20. The molecule has 2 aromatic heterocycles. The molecule has 1 amide bonds. The first-order chi connectivity index (χ1) is 13.0. The highest BCUT2D eigenvalue weighted by molar-refractivity contribution is 7.17. The van der Waals surface area contributed by atoms with Crippen molar-refractivity contribution in [1.82, 2.24) is 14.9 Å². The number of H-pyrrole nitrogens is 1. The summed E-state index contributed by atoms with van der Waals surface area (Å²) < 4.78 is 11.4. The second kappa shape index (κ2) is 8.05. The Morgan fingerprint density at radius 2 is 2.19 bits per heavy atom. The minimum Gasteiger partial charge on any atom is -0.493 e. The highest BCUT2D eigenvalue weighted by Gasteiger charge is 2.16. The second-order valence-corrected chi connectivity index (χ2v) is 6.69. The molecule has 0 aliphatic carbocycles. The van der Waals surface area contributed by atoms with Crippen LogP contribution in [0.5, 0.6) is 11.5 Å². The SMILES string of the molecule is C=CCOc1ccc(C(=O)N(C)Cc2nc3ccsc3c(=O)[nH]2)cc1OC. The van der Waals surface area contributed by atoms with Gasteiger partial charge in [-0.15, -0.1) is 11.3 Å². The van der Waals surface area contributed by atoms with E-state index in [-0.39, 0.29) is 18.0 Å². The van der Waals surface area contributed by atoms with E-state index >= 15 is 0 Å². The minimum atomic E-state index is -0.225. The van der Waals surface area contributed by atoms with E-state index in [1.54, 1.807) is 37.4 Å². The summed E-state index contributed by atoms with van der Waals surface area (Å²) in [6.07, 6.45) is 1.63. The molecule has 0 saturated carbocycles. The van der Waals surface area contributed by atoms with Crippen molar-refractivity contribution in [3.05, 3.63) is 64.0 Å². The van der Waals surface area contributed by atoms with Crippen molar-refractivity contribution >= 4 is 27.5 Å². The smallest absolute Gasteiger partial charge is 0.268 e. The van der Waals surface area contributed by atoms with Crippen LogP contribution in [0.15, 0.2) is 47.1 Å². The number of hydrogen-bond acceptors (Lipinski definition) is 6. The number of aromatic nitrogens is 2. The van der Waals surface area contributed by atoms with E-state index < -0.39 is 0 Å². The predicted octanol–water partition coefficient (Wildman–Crippen LogP) is 2.83. The lowest BCUT2D eigenvalue weighted by molar-refractivity contribution is 0.0781. The monoisotopic (exact) mass is 385 g/mol. The van der Waals surface area contributed by atoms with Gasteiger partial charge >= 0.3 is 0 Å². The highest BCUT2D eigenvalue weighted by Crippen LogP contribution is 2.28. The summed E-state index contributed by atoms with van der Waals surface area (Å²) in [5, 5.41) is 1.81. The van der Waals surface area contributed by atoms with E-state index in [1.165, 1.54) is 23.3 Å². The molecule has 0 spiro atoms. The summed E-state index contributed by atoms with van der Waals surface area (Å²) in [6.45, 7) is 4.12. The summed E-state index contributed by atoms with van der Waals surface area (Å²) >= 11 is 1.34. The number of nitrogens with one attached hydrogen (secondary N) is 1. The molecule has 27 heavy (non-hydrogen) atoms. The standard InChI is InChI=1S/C19H19N3O4S/c1-4-8-26-14-6-5-12(10-15(14)25-3)19(24)22(2)11-16-20-13-7-9-27-17(13)18(23)21-16/h4-7,9-10H,1,8,11H2,2-3H3,(H,20,21,23). The average Bonchev–Trinajstić information content (AvgIpc) is 3.14. The molecule has 0 atom stereocenters. The first-order valence-corrected chi connectivity index (χ1v) is 9.05. The number of thiophene rings is 1. The molecule has 1 aromatic carbocycles. The van der Waals surface area contributed by atoms with Gasteiger partial charge in [-0.25, -0.2) is 4.98 Å². The minimum absolute atomic E-state index is 0.177. The Bertz CT molecular complexity index is 1040. The number of amides is 1. The molecule has 1 N–H and O–H groups in total. The zero-order valence-corrected chi connectivity index (χ0v) is 15.8. The molecule has 2 heterocycles. The van der Waals surface area contributed by atoms with Gasteiger partial charge in [-0.1, -0.05) is 12.7 Å². The van der Waals surface area contributed by atoms with Crippen LogP contribution in [0.3, 0.4) is 0 Å². The van der Waals surface area contributed by atoms with Gasteiger partial charge in [-0.3, -0.25) is 9.59 Å². The third-order valence-corrected chi connectivity index (χ3v) is 4.77. The predicted molar refractivity (Wildman–Crippen MR) is 105 cm³/mol. The van der Waals surface area contributed by atoms with Gasteiger partial charge in [0.25, 0.3) is 11.5 Å². The Kier molecular flexibility index (Phi) is 5.56. The fraction of sp³-hybridized carbons (Fsp3) is 0.211. The Morgan fingerprint density at radius 1 is 1.37 bits per heavy atom.